The van der Waals surface area contributed by atoms with Crippen LogP contribution in [0.1, 0.15) is 26.3 Å². The third kappa shape index (κ3) is 3.00. The van der Waals surface area contributed by atoms with Gasteiger partial charge in [-0.05, 0) is 31.9 Å². The van der Waals surface area contributed by atoms with Crippen LogP contribution in [-0.4, -0.2) is 12.7 Å². The van der Waals surface area contributed by atoms with Crippen LogP contribution in [0.5, 0.6) is 0 Å². The van der Waals surface area contributed by atoms with Crippen molar-refractivity contribution in [1.29, 1.82) is 0 Å². The van der Waals surface area contributed by atoms with E-state index in [1.165, 1.54) is 0 Å². The number of rotatable bonds is 3. The van der Waals surface area contributed by atoms with E-state index in [1.54, 1.807) is 7.11 Å². The van der Waals surface area contributed by atoms with E-state index in [-0.39, 0.29) is 5.60 Å². The number of benzene rings is 1. The van der Waals surface area contributed by atoms with Gasteiger partial charge < -0.3 is 4.74 Å². The van der Waals surface area contributed by atoms with Crippen LogP contribution in [0.4, 0.5) is 0 Å². The highest BCUT2D eigenvalue weighted by Gasteiger charge is 2.10. The standard InChI is InChI=1S/C13H18O/c1-11-7-5-6-8-12(11)9-10-13(2,3)14-4/h5-10H,1-4H3/b10-9+/i9D. The predicted molar refractivity (Wildman–Crippen MR) is 61.3 cm³/mol. The number of methoxy groups -OCH3 is 1. The summed E-state index contributed by atoms with van der Waals surface area (Å²) in [6.07, 6.45) is 1.83. The van der Waals surface area contributed by atoms with Gasteiger partial charge in [-0.2, -0.15) is 0 Å². The van der Waals surface area contributed by atoms with Crippen molar-refractivity contribution >= 4 is 6.05 Å². The molecule has 0 N–H and O–H groups in total. The molecule has 0 heterocycles. The van der Waals surface area contributed by atoms with Crippen LogP contribution >= 0.6 is 0 Å². The maximum absolute atomic E-state index is 7.99. The summed E-state index contributed by atoms with van der Waals surface area (Å²) in [5.41, 5.74) is 1.69. The molecule has 0 aliphatic rings. The van der Waals surface area contributed by atoms with Gasteiger partial charge in [-0.15, -0.1) is 0 Å². The first kappa shape index (κ1) is 9.47. The van der Waals surface area contributed by atoms with E-state index in [9.17, 15) is 0 Å². The Bertz CT molecular complexity index is 367. The van der Waals surface area contributed by atoms with Crippen molar-refractivity contribution in [1.82, 2.24) is 0 Å². The van der Waals surface area contributed by atoms with Gasteiger partial charge in [0.05, 0.1) is 6.97 Å². The fourth-order valence-corrected chi connectivity index (χ4v) is 1.05. The highest BCUT2D eigenvalue weighted by atomic mass is 16.5. The summed E-state index contributed by atoms with van der Waals surface area (Å²) in [5.74, 6) is 0. The monoisotopic (exact) mass is 191 g/mol. The Morgan fingerprint density at radius 3 is 2.57 bits per heavy atom. The van der Waals surface area contributed by atoms with E-state index in [2.05, 4.69) is 0 Å². The van der Waals surface area contributed by atoms with Crippen molar-refractivity contribution in [2.75, 3.05) is 7.11 Å². The fraction of sp³-hybridized carbons (Fsp3) is 0.385. The molecule has 0 fully saturated rings. The van der Waals surface area contributed by atoms with Gasteiger partial charge in [0.2, 0.25) is 0 Å². The van der Waals surface area contributed by atoms with Crippen molar-refractivity contribution in [2.45, 2.75) is 26.4 Å². The molecular weight excluding hydrogens is 172 g/mol. The van der Waals surface area contributed by atoms with Crippen molar-refractivity contribution in [3.05, 3.63) is 41.5 Å². The average Bonchev–Trinajstić information content (AvgIpc) is 2.17. The second kappa shape index (κ2) is 4.43. The van der Waals surface area contributed by atoms with E-state index in [4.69, 9.17) is 6.11 Å². The molecular formula is C13H18O. The molecule has 1 aromatic rings. The number of hydrogen-bond donors (Lipinski definition) is 0. The van der Waals surface area contributed by atoms with Gasteiger partial charge in [0.15, 0.2) is 0 Å². The first-order valence-electron chi connectivity index (χ1n) is 5.27. The first-order chi connectivity index (χ1) is 6.96. The quantitative estimate of drug-likeness (QED) is 0.711. The molecule has 0 aromatic heterocycles. The summed E-state index contributed by atoms with van der Waals surface area (Å²) in [4.78, 5) is 0. The molecule has 0 amide bonds. The van der Waals surface area contributed by atoms with Gasteiger partial charge >= 0.3 is 0 Å². The highest BCUT2D eigenvalue weighted by Crippen LogP contribution is 2.14. The maximum atomic E-state index is 7.99. The number of aryl methyl sites for hydroxylation is 1. The molecule has 0 saturated carbocycles. The van der Waals surface area contributed by atoms with Crippen LogP contribution < -0.4 is 0 Å². The lowest BCUT2D eigenvalue weighted by Crippen LogP contribution is -2.18. The molecule has 1 nitrogen and oxygen atoms in total. The molecule has 0 aliphatic carbocycles. The fourth-order valence-electron chi connectivity index (χ4n) is 1.05. The molecule has 0 aliphatic heterocycles. The smallest absolute Gasteiger partial charge is 0.0805 e. The predicted octanol–water partition coefficient (Wildman–Crippen LogP) is 3.43. The Morgan fingerprint density at radius 1 is 1.36 bits per heavy atom. The van der Waals surface area contributed by atoms with Crippen LogP contribution in [0, 0.1) is 6.92 Å². The number of ether oxygens (including phenoxy) is 1. The van der Waals surface area contributed by atoms with E-state index in [0.717, 1.165) is 11.1 Å². The second-order valence-electron chi connectivity index (χ2n) is 3.91. The molecule has 1 aromatic carbocycles. The third-order valence-electron chi connectivity index (χ3n) is 2.25. The van der Waals surface area contributed by atoms with E-state index in [1.807, 2.05) is 51.1 Å². The highest BCUT2D eigenvalue weighted by molar-refractivity contribution is 5.54. The second-order valence-corrected chi connectivity index (χ2v) is 3.91. The Labute approximate surface area is 87.8 Å². The van der Waals surface area contributed by atoms with Crippen LogP contribution in [0.2, 0.25) is 0 Å². The third-order valence-corrected chi connectivity index (χ3v) is 2.25. The van der Waals surface area contributed by atoms with Crippen LogP contribution in [0.3, 0.4) is 0 Å². The molecule has 76 valence electrons. The maximum Gasteiger partial charge on any atom is 0.0805 e. The van der Waals surface area contributed by atoms with Gasteiger partial charge in [0.1, 0.15) is 0 Å². The van der Waals surface area contributed by atoms with E-state index in [0.29, 0.717) is 6.05 Å². The summed E-state index contributed by atoms with van der Waals surface area (Å²) >= 11 is 0. The van der Waals surface area contributed by atoms with Crippen molar-refractivity contribution in [3.8, 4) is 0 Å². The molecule has 0 spiro atoms. The molecule has 0 radical (unpaired) electrons. The summed E-state index contributed by atoms with van der Waals surface area (Å²) in [6.45, 7) is 5.90. The van der Waals surface area contributed by atoms with Crippen molar-refractivity contribution in [2.24, 2.45) is 0 Å². The summed E-state index contributed by atoms with van der Waals surface area (Å²) in [7, 11) is 1.65. The average molecular weight is 191 g/mol. The van der Waals surface area contributed by atoms with E-state index >= 15 is 0 Å². The Kier molecular flexibility index (Phi) is 3.00. The zero-order valence-corrected chi connectivity index (χ0v) is 9.29. The van der Waals surface area contributed by atoms with Crippen LogP contribution in [0.15, 0.2) is 30.3 Å². The van der Waals surface area contributed by atoms with Gasteiger partial charge in [-0.1, -0.05) is 36.4 Å². The lowest BCUT2D eigenvalue weighted by molar-refractivity contribution is 0.0663. The van der Waals surface area contributed by atoms with Crippen LogP contribution in [-0.2, 0) is 4.74 Å². The van der Waals surface area contributed by atoms with Gasteiger partial charge in [0, 0.05) is 7.11 Å². The largest absolute Gasteiger partial charge is 0.375 e. The first-order valence-corrected chi connectivity index (χ1v) is 4.77. The summed E-state index contributed by atoms with van der Waals surface area (Å²) in [6, 6.07) is 8.41. The number of hydrogen-bond acceptors (Lipinski definition) is 1. The molecule has 0 bridgehead atoms. The SMILES string of the molecule is [2H]/C(=C\C(C)(C)OC)c1ccccc1C. The topological polar surface area (TPSA) is 9.23 Å². The molecule has 1 rings (SSSR count). The minimum atomic E-state index is -0.390. The van der Waals surface area contributed by atoms with E-state index < -0.39 is 0 Å². The minimum absolute atomic E-state index is 0.390. The zero-order valence-electron chi connectivity index (χ0n) is 10.3. The van der Waals surface area contributed by atoms with Crippen molar-refractivity contribution < 1.29 is 6.11 Å². The molecule has 0 saturated heterocycles. The summed E-state index contributed by atoms with van der Waals surface area (Å²) in [5, 5.41) is 0. The van der Waals surface area contributed by atoms with Gasteiger partial charge in [-0.3, -0.25) is 0 Å². The lowest BCUT2D eigenvalue weighted by atomic mass is 10.0. The Hall–Kier alpha value is -1.08. The van der Waals surface area contributed by atoms with Gasteiger partial charge in [-0.25, -0.2) is 0 Å². The van der Waals surface area contributed by atoms with Crippen molar-refractivity contribution in [3.63, 3.8) is 0 Å². The Balaban J connectivity index is 3.05. The molecule has 0 unspecified atom stereocenters. The summed E-state index contributed by atoms with van der Waals surface area (Å²) < 4.78 is 13.3. The Morgan fingerprint density at radius 2 is 2.00 bits per heavy atom. The molecule has 1 heteroatoms. The zero-order chi connectivity index (χ0) is 11.5. The van der Waals surface area contributed by atoms with Gasteiger partial charge in [0.25, 0.3) is 0 Å². The minimum Gasteiger partial charge on any atom is -0.375 e. The lowest BCUT2D eigenvalue weighted by Gasteiger charge is -2.17. The normalized spacial score (nSPS) is 14.0. The molecule has 14 heavy (non-hydrogen) atoms. The van der Waals surface area contributed by atoms with Crippen LogP contribution in [0.25, 0.3) is 6.05 Å². The molecule has 0 atom stereocenters.